The molecule has 1 unspecified atom stereocenters. The van der Waals surface area contributed by atoms with E-state index >= 15 is 0 Å². The minimum atomic E-state index is -0.744. The van der Waals surface area contributed by atoms with E-state index in [9.17, 15) is 10.4 Å². The smallest absolute Gasteiger partial charge is 0.114 e. The predicted molar refractivity (Wildman–Crippen MR) is 68.5 cm³/mol. The van der Waals surface area contributed by atoms with Crippen molar-refractivity contribution in [3.05, 3.63) is 18.0 Å². The number of nitrogens with zero attached hydrogens (tertiary/aromatic N) is 3. The first-order chi connectivity index (χ1) is 8.40. The normalized spacial score (nSPS) is 23.3. The quantitative estimate of drug-likeness (QED) is 0.873. The molecule has 1 aliphatic rings. The lowest BCUT2D eigenvalue weighted by atomic mass is 9.63. The van der Waals surface area contributed by atoms with Crippen LogP contribution in [-0.2, 0) is 7.05 Å². The number of aryl methyl sites for hydroxylation is 1. The Bertz CT molecular complexity index is 460. The fourth-order valence-electron chi connectivity index (χ4n) is 2.75. The van der Waals surface area contributed by atoms with Gasteiger partial charge < -0.3 is 5.11 Å². The Morgan fingerprint density at radius 3 is 2.44 bits per heavy atom. The maximum atomic E-state index is 10.6. The van der Waals surface area contributed by atoms with Crippen molar-refractivity contribution in [3.63, 3.8) is 0 Å². The average molecular weight is 247 g/mol. The van der Waals surface area contributed by atoms with E-state index in [0.29, 0.717) is 0 Å². The van der Waals surface area contributed by atoms with E-state index in [2.05, 4.69) is 25.0 Å². The summed E-state index contributed by atoms with van der Waals surface area (Å²) in [5.74, 6) is 0. The Morgan fingerprint density at radius 1 is 1.39 bits per heavy atom. The van der Waals surface area contributed by atoms with Gasteiger partial charge in [-0.3, -0.25) is 4.68 Å². The van der Waals surface area contributed by atoms with Gasteiger partial charge in [-0.25, -0.2) is 0 Å². The van der Waals surface area contributed by atoms with Gasteiger partial charge in [-0.1, -0.05) is 13.8 Å². The highest BCUT2D eigenvalue weighted by atomic mass is 16.3. The molecule has 1 N–H and O–H groups in total. The van der Waals surface area contributed by atoms with Gasteiger partial charge in [0.2, 0.25) is 0 Å². The van der Waals surface area contributed by atoms with Crippen LogP contribution < -0.4 is 0 Å². The van der Waals surface area contributed by atoms with Crippen LogP contribution in [0.1, 0.15) is 51.3 Å². The van der Waals surface area contributed by atoms with Gasteiger partial charge >= 0.3 is 0 Å². The van der Waals surface area contributed by atoms with Crippen molar-refractivity contribution in [3.8, 4) is 6.07 Å². The fourth-order valence-corrected chi connectivity index (χ4v) is 2.75. The van der Waals surface area contributed by atoms with Gasteiger partial charge in [-0.2, -0.15) is 10.4 Å². The van der Waals surface area contributed by atoms with Crippen LogP contribution in [-0.4, -0.2) is 14.9 Å². The summed E-state index contributed by atoms with van der Waals surface area (Å²) >= 11 is 0. The second kappa shape index (κ2) is 4.40. The van der Waals surface area contributed by atoms with Crippen molar-refractivity contribution >= 4 is 0 Å². The molecule has 1 saturated carbocycles. The standard InChI is InChI=1S/C14H21N3O/c1-13(2)5-7-14(10-15,8-6-13)12(18)11-4-9-16-17(11)3/h4,9,12,18H,5-8H2,1-3H3. The van der Waals surface area contributed by atoms with Crippen LogP contribution in [0.3, 0.4) is 0 Å². The summed E-state index contributed by atoms with van der Waals surface area (Å²) in [5.41, 5.74) is 0.367. The molecule has 98 valence electrons. The molecule has 1 heterocycles. The number of aromatic nitrogens is 2. The molecule has 4 heteroatoms. The highest BCUT2D eigenvalue weighted by molar-refractivity contribution is 5.16. The third kappa shape index (κ3) is 2.15. The van der Waals surface area contributed by atoms with Crippen molar-refractivity contribution < 1.29 is 5.11 Å². The predicted octanol–water partition coefficient (Wildman–Crippen LogP) is 2.56. The Hall–Kier alpha value is -1.34. The summed E-state index contributed by atoms with van der Waals surface area (Å²) in [5, 5.41) is 24.2. The molecule has 4 nitrogen and oxygen atoms in total. The maximum absolute atomic E-state index is 10.6. The van der Waals surface area contributed by atoms with E-state index < -0.39 is 11.5 Å². The number of aliphatic hydroxyl groups is 1. The number of rotatable bonds is 2. The van der Waals surface area contributed by atoms with Gasteiger partial charge in [-0.05, 0) is 37.2 Å². The third-order valence-electron chi connectivity index (χ3n) is 4.38. The summed E-state index contributed by atoms with van der Waals surface area (Å²) in [4.78, 5) is 0. The molecule has 0 bridgehead atoms. The van der Waals surface area contributed by atoms with Crippen molar-refractivity contribution in [2.45, 2.75) is 45.6 Å². The van der Waals surface area contributed by atoms with E-state index in [1.165, 1.54) is 0 Å². The van der Waals surface area contributed by atoms with E-state index in [1.807, 2.05) is 0 Å². The van der Waals surface area contributed by atoms with Gasteiger partial charge in [0.15, 0.2) is 0 Å². The number of hydrogen-bond acceptors (Lipinski definition) is 3. The average Bonchev–Trinajstić information content (AvgIpc) is 2.75. The van der Waals surface area contributed by atoms with Crippen LogP contribution in [0, 0.1) is 22.2 Å². The van der Waals surface area contributed by atoms with Crippen LogP contribution in [0.2, 0.25) is 0 Å². The zero-order valence-corrected chi connectivity index (χ0v) is 11.3. The molecule has 1 aromatic rings. The summed E-state index contributed by atoms with van der Waals surface area (Å²) in [6.45, 7) is 4.45. The van der Waals surface area contributed by atoms with Gasteiger partial charge in [-0.15, -0.1) is 0 Å². The van der Waals surface area contributed by atoms with Gasteiger partial charge in [0.05, 0.1) is 17.2 Å². The second-order valence-electron chi connectivity index (χ2n) is 6.21. The fraction of sp³-hybridized carbons (Fsp3) is 0.714. The molecule has 1 aromatic heterocycles. The summed E-state index contributed by atoms with van der Waals surface area (Å²) in [6, 6.07) is 4.17. The minimum Gasteiger partial charge on any atom is -0.385 e. The summed E-state index contributed by atoms with van der Waals surface area (Å²) < 4.78 is 1.66. The summed E-state index contributed by atoms with van der Waals surface area (Å²) in [6.07, 6.45) is 4.39. The minimum absolute atomic E-state index is 0.284. The topological polar surface area (TPSA) is 61.8 Å². The van der Waals surface area contributed by atoms with Gasteiger partial charge in [0.25, 0.3) is 0 Å². The number of hydrogen-bond donors (Lipinski definition) is 1. The van der Waals surface area contributed by atoms with Crippen LogP contribution in [0.25, 0.3) is 0 Å². The lowest BCUT2D eigenvalue weighted by molar-refractivity contribution is 0.00481. The van der Waals surface area contributed by atoms with Crippen LogP contribution in [0.4, 0.5) is 0 Å². The number of aliphatic hydroxyl groups excluding tert-OH is 1. The summed E-state index contributed by atoms with van der Waals surface area (Å²) in [7, 11) is 1.80. The van der Waals surface area contributed by atoms with Crippen molar-refractivity contribution in [2.75, 3.05) is 0 Å². The number of nitriles is 1. The molecular formula is C14H21N3O. The van der Waals surface area contributed by atoms with Crippen molar-refractivity contribution in [1.82, 2.24) is 9.78 Å². The van der Waals surface area contributed by atoms with E-state index in [0.717, 1.165) is 31.4 Å². The second-order valence-corrected chi connectivity index (χ2v) is 6.21. The largest absolute Gasteiger partial charge is 0.385 e. The maximum Gasteiger partial charge on any atom is 0.114 e. The monoisotopic (exact) mass is 247 g/mol. The molecule has 1 aliphatic carbocycles. The van der Waals surface area contributed by atoms with Gasteiger partial charge in [0.1, 0.15) is 6.10 Å². The van der Waals surface area contributed by atoms with E-state index in [4.69, 9.17) is 0 Å². The molecule has 0 amide bonds. The van der Waals surface area contributed by atoms with Crippen LogP contribution >= 0.6 is 0 Å². The molecule has 0 saturated heterocycles. The first kappa shape index (κ1) is 13.1. The molecule has 0 spiro atoms. The zero-order chi connectivity index (χ0) is 13.4. The first-order valence-electron chi connectivity index (χ1n) is 6.47. The van der Waals surface area contributed by atoms with Crippen LogP contribution in [0.5, 0.6) is 0 Å². The SMILES string of the molecule is Cn1nccc1C(O)C1(C#N)CCC(C)(C)CC1. The van der Waals surface area contributed by atoms with Crippen LogP contribution in [0.15, 0.2) is 12.3 Å². The molecule has 18 heavy (non-hydrogen) atoms. The molecule has 0 radical (unpaired) electrons. The lowest BCUT2D eigenvalue weighted by Crippen LogP contribution is -2.35. The Kier molecular flexibility index (Phi) is 3.20. The highest BCUT2D eigenvalue weighted by Gasteiger charge is 2.45. The third-order valence-corrected chi connectivity index (χ3v) is 4.38. The first-order valence-corrected chi connectivity index (χ1v) is 6.47. The van der Waals surface area contributed by atoms with Gasteiger partial charge in [0, 0.05) is 13.2 Å². The van der Waals surface area contributed by atoms with E-state index in [1.54, 1.807) is 24.0 Å². The molecule has 1 fully saturated rings. The van der Waals surface area contributed by atoms with Crippen molar-refractivity contribution in [1.29, 1.82) is 5.26 Å². The molecular weight excluding hydrogens is 226 g/mol. The Morgan fingerprint density at radius 2 is 2.00 bits per heavy atom. The molecule has 0 aromatic carbocycles. The van der Waals surface area contributed by atoms with E-state index in [-0.39, 0.29) is 5.41 Å². The zero-order valence-electron chi connectivity index (χ0n) is 11.3. The molecule has 2 rings (SSSR count). The molecule has 0 aliphatic heterocycles. The molecule has 1 atom stereocenters. The lowest BCUT2D eigenvalue weighted by Gasteiger charge is -2.41. The Labute approximate surface area is 108 Å². The highest BCUT2D eigenvalue weighted by Crippen LogP contribution is 2.50. The van der Waals surface area contributed by atoms with Crippen molar-refractivity contribution in [2.24, 2.45) is 17.9 Å². The Balaban J connectivity index is 2.25.